The first-order valence-electron chi connectivity index (χ1n) is 11.6. The average Bonchev–Trinajstić information content (AvgIpc) is 2.80. The molecular weight excluding hydrogens is 416 g/mol. The third-order valence-corrected chi connectivity index (χ3v) is 5.82. The number of aromatic nitrogens is 1. The zero-order valence-corrected chi connectivity index (χ0v) is 19.6. The van der Waals surface area contributed by atoms with Gasteiger partial charge >= 0.3 is 6.09 Å². The van der Waals surface area contributed by atoms with Gasteiger partial charge in [0.15, 0.2) is 0 Å². The van der Waals surface area contributed by atoms with Crippen LogP contribution in [0.3, 0.4) is 0 Å². The molecule has 1 aliphatic heterocycles. The molecule has 0 spiro atoms. The SMILES string of the molecule is CC(C)(C)OC(=O)N1CCN(CCCNC(=O)c2cc3ccccc3c3cccnc23)CC1. The second-order valence-electron chi connectivity index (χ2n) is 9.46. The summed E-state index contributed by atoms with van der Waals surface area (Å²) in [6.45, 7) is 10.1. The van der Waals surface area contributed by atoms with Gasteiger partial charge in [0.2, 0.25) is 0 Å². The second-order valence-corrected chi connectivity index (χ2v) is 9.46. The molecule has 2 amide bonds. The van der Waals surface area contributed by atoms with Crippen molar-refractivity contribution in [2.75, 3.05) is 39.3 Å². The standard InChI is InChI=1S/C26H32N4O3/c1-26(2,3)33-25(32)30-16-14-29(15-17-30)13-7-12-28-24(31)22-18-19-8-4-5-9-20(19)21-10-6-11-27-23(21)22/h4-6,8-11,18H,7,12-17H2,1-3H3,(H,28,31). The van der Waals surface area contributed by atoms with Crippen LogP contribution >= 0.6 is 0 Å². The summed E-state index contributed by atoms with van der Waals surface area (Å²) >= 11 is 0. The molecule has 174 valence electrons. The summed E-state index contributed by atoms with van der Waals surface area (Å²) < 4.78 is 5.45. The number of nitrogens with one attached hydrogen (secondary N) is 1. The van der Waals surface area contributed by atoms with E-state index in [-0.39, 0.29) is 12.0 Å². The van der Waals surface area contributed by atoms with Crippen molar-refractivity contribution in [3.05, 3.63) is 54.2 Å². The van der Waals surface area contributed by atoms with Crippen molar-refractivity contribution in [2.24, 2.45) is 0 Å². The van der Waals surface area contributed by atoms with Gasteiger partial charge in [-0.2, -0.15) is 0 Å². The van der Waals surface area contributed by atoms with Gasteiger partial charge in [0.25, 0.3) is 5.91 Å². The molecule has 1 N–H and O–H groups in total. The number of rotatable bonds is 5. The molecule has 0 atom stereocenters. The van der Waals surface area contributed by atoms with E-state index in [1.165, 1.54) is 0 Å². The molecule has 4 rings (SSSR count). The molecular formula is C26H32N4O3. The Morgan fingerprint density at radius 3 is 2.52 bits per heavy atom. The molecule has 0 saturated carbocycles. The smallest absolute Gasteiger partial charge is 0.410 e. The molecule has 2 heterocycles. The molecule has 3 aromatic rings. The van der Waals surface area contributed by atoms with E-state index < -0.39 is 5.60 Å². The highest BCUT2D eigenvalue weighted by molar-refractivity contribution is 6.15. The number of carbonyl (C=O) groups is 2. The number of benzene rings is 2. The Kier molecular flexibility index (Phi) is 6.79. The van der Waals surface area contributed by atoms with E-state index in [2.05, 4.69) is 21.3 Å². The number of nitrogens with zero attached hydrogens (tertiary/aromatic N) is 3. The molecule has 0 aliphatic carbocycles. The fraction of sp³-hybridized carbons (Fsp3) is 0.423. The zero-order chi connectivity index (χ0) is 23.4. The molecule has 7 heteroatoms. The summed E-state index contributed by atoms with van der Waals surface area (Å²) in [6, 6.07) is 13.9. The number of ether oxygens (including phenoxy) is 1. The van der Waals surface area contributed by atoms with Gasteiger partial charge in [-0.05, 0) is 56.6 Å². The molecule has 0 bridgehead atoms. The summed E-state index contributed by atoms with van der Waals surface area (Å²) in [4.78, 5) is 33.7. The van der Waals surface area contributed by atoms with Gasteiger partial charge in [-0.25, -0.2) is 4.79 Å². The van der Waals surface area contributed by atoms with Crippen LogP contribution in [0.25, 0.3) is 21.7 Å². The number of carbonyl (C=O) groups excluding carboxylic acids is 2. The van der Waals surface area contributed by atoms with E-state index in [0.29, 0.717) is 25.2 Å². The highest BCUT2D eigenvalue weighted by Gasteiger charge is 2.25. The van der Waals surface area contributed by atoms with Crippen LogP contribution < -0.4 is 5.32 Å². The van der Waals surface area contributed by atoms with Crippen molar-refractivity contribution in [2.45, 2.75) is 32.8 Å². The van der Waals surface area contributed by atoms with Crippen molar-refractivity contribution in [3.63, 3.8) is 0 Å². The summed E-state index contributed by atoms with van der Waals surface area (Å²) in [5.74, 6) is -0.0980. The van der Waals surface area contributed by atoms with Crippen molar-refractivity contribution < 1.29 is 14.3 Å². The van der Waals surface area contributed by atoms with E-state index >= 15 is 0 Å². The Bertz CT molecular complexity index is 1150. The summed E-state index contributed by atoms with van der Waals surface area (Å²) in [5, 5.41) is 6.18. The Morgan fingerprint density at radius 2 is 1.76 bits per heavy atom. The zero-order valence-electron chi connectivity index (χ0n) is 19.6. The Hall–Kier alpha value is -3.19. The van der Waals surface area contributed by atoms with Gasteiger partial charge in [0.1, 0.15) is 5.60 Å². The van der Waals surface area contributed by atoms with Gasteiger partial charge in [0.05, 0.1) is 11.1 Å². The number of piperazine rings is 1. The summed E-state index contributed by atoms with van der Waals surface area (Å²) in [7, 11) is 0. The van der Waals surface area contributed by atoms with Crippen LogP contribution in [-0.2, 0) is 4.74 Å². The van der Waals surface area contributed by atoms with E-state index in [1.54, 1.807) is 11.1 Å². The van der Waals surface area contributed by atoms with Crippen molar-refractivity contribution >= 4 is 33.7 Å². The van der Waals surface area contributed by atoms with Crippen LogP contribution in [-0.4, -0.2) is 71.7 Å². The van der Waals surface area contributed by atoms with Crippen LogP contribution in [0.4, 0.5) is 4.79 Å². The molecule has 1 fully saturated rings. The topological polar surface area (TPSA) is 74.8 Å². The van der Waals surface area contributed by atoms with Crippen LogP contribution in [0, 0.1) is 0 Å². The van der Waals surface area contributed by atoms with Crippen molar-refractivity contribution in [1.29, 1.82) is 0 Å². The minimum absolute atomic E-state index is 0.0980. The molecule has 1 aromatic heterocycles. The maximum absolute atomic E-state index is 13.0. The lowest BCUT2D eigenvalue weighted by Gasteiger charge is -2.35. The third kappa shape index (κ3) is 5.60. The molecule has 1 saturated heterocycles. The Labute approximate surface area is 194 Å². The number of pyridine rings is 1. The first kappa shape index (κ1) is 23.0. The van der Waals surface area contributed by atoms with Crippen LogP contribution in [0.15, 0.2) is 48.7 Å². The predicted molar refractivity (Wildman–Crippen MR) is 130 cm³/mol. The van der Waals surface area contributed by atoms with E-state index in [9.17, 15) is 9.59 Å². The maximum Gasteiger partial charge on any atom is 0.410 e. The molecule has 1 aliphatic rings. The Balaban J connectivity index is 1.28. The highest BCUT2D eigenvalue weighted by atomic mass is 16.6. The van der Waals surface area contributed by atoms with Crippen molar-refractivity contribution in [3.8, 4) is 0 Å². The second kappa shape index (κ2) is 9.75. The predicted octanol–water partition coefficient (Wildman–Crippen LogP) is 4.06. The number of hydrogen-bond acceptors (Lipinski definition) is 5. The van der Waals surface area contributed by atoms with Gasteiger partial charge < -0.3 is 15.0 Å². The normalized spacial score (nSPS) is 15.1. The lowest BCUT2D eigenvalue weighted by atomic mass is 10.0. The first-order valence-corrected chi connectivity index (χ1v) is 11.6. The average molecular weight is 449 g/mol. The maximum atomic E-state index is 13.0. The molecule has 7 nitrogen and oxygen atoms in total. The number of fused-ring (bicyclic) bond motifs is 3. The fourth-order valence-corrected chi connectivity index (χ4v) is 4.18. The van der Waals surface area contributed by atoms with E-state index in [4.69, 9.17) is 4.74 Å². The lowest BCUT2D eigenvalue weighted by Crippen LogP contribution is -2.50. The summed E-state index contributed by atoms with van der Waals surface area (Å²) in [5.41, 5.74) is 0.862. The minimum Gasteiger partial charge on any atom is -0.444 e. The number of hydrogen-bond donors (Lipinski definition) is 1. The molecule has 2 aromatic carbocycles. The van der Waals surface area contributed by atoms with E-state index in [1.807, 2.05) is 57.2 Å². The highest BCUT2D eigenvalue weighted by Crippen LogP contribution is 2.27. The fourth-order valence-electron chi connectivity index (χ4n) is 4.18. The minimum atomic E-state index is -0.474. The summed E-state index contributed by atoms with van der Waals surface area (Å²) in [6.07, 6.45) is 2.33. The molecule has 0 unspecified atom stereocenters. The molecule has 0 radical (unpaired) electrons. The van der Waals surface area contributed by atoms with Crippen LogP contribution in [0.5, 0.6) is 0 Å². The first-order chi connectivity index (χ1) is 15.8. The lowest BCUT2D eigenvalue weighted by molar-refractivity contribution is 0.0144. The Morgan fingerprint density at radius 1 is 1.03 bits per heavy atom. The quantitative estimate of drug-likeness (QED) is 0.471. The van der Waals surface area contributed by atoms with E-state index in [0.717, 1.165) is 47.7 Å². The van der Waals surface area contributed by atoms with Gasteiger partial charge in [-0.15, -0.1) is 0 Å². The van der Waals surface area contributed by atoms with Gasteiger partial charge in [-0.1, -0.05) is 30.3 Å². The number of amides is 2. The molecule has 33 heavy (non-hydrogen) atoms. The van der Waals surface area contributed by atoms with Crippen LogP contribution in [0.1, 0.15) is 37.6 Å². The van der Waals surface area contributed by atoms with Crippen molar-refractivity contribution in [1.82, 2.24) is 20.1 Å². The third-order valence-electron chi connectivity index (χ3n) is 5.82. The van der Waals surface area contributed by atoms with Gasteiger partial charge in [0, 0.05) is 44.3 Å². The van der Waals surface area contributed by atoms with Gasteiger partial charge in [-0.3, -0.25) is 14.7 Å². The van der Waals surface area contributed by atoms with Crippen LogP contribution in [0.2, 0.25) is 0 Å². The largest absolute Gasteiger partial charge is 0.444 e. The monoisotopic (exact) mass is 448 g/mol.